The zero-order chi connectivity index (χ0) is 39.7. The highest BCUT2D eigenvalue weighted by molar-refractivity contribution is 5.91. The van der Waals surface area contributed by atoms with E-state index in [2.05, 4.69) is 6.58 Å². The van der Waals surface area contributed by atoms with Gasteiger partial charge >= 0.3 is 23.9 Å². The predicted molar refractivity (Wildman–Crippen MR) is 195 cm³/mol. The van der Waals surface area contributed by atoms with Crippen LogP contribution < -0.4 is 0 Å². The molecule has 7 rings (SSSR count). The van der Waals surface area contributed by atoms with Crippen molar-refractivity contribution in [3.8, 4) is 0 Å². The Labute approximate surface area is 319 Å². The summed E-state index contributed by atoms with van der Waals surface area (Å²) < 4.78 is 31.7. The summed E-state index contributed by atoms with van der Waals surface area (Å²) in [6.45, 7) is 11.5. The third-order valence-corrected chi connectivity index (χ3v) is 12.5. The van der Waals surface area contributed by atoms with Crippen molar-refractivity contribution in [3.63, 3.8) is 0 Å². The number of esters is 4. The molecule has 3 aromatic rings. The molecule has 2 bridgehead atoms. The Kier molecular flexibility index (Phi) is 9.56. The summed E-state index contributed by atoms with van der Waals surface area (Å²) in [5, 5.41) is 38.9. The molecular formula is C43H46O12. The lowest BCUT2D eigenvalue weighted by molar-refractivity contribution is -0.388. The molecule has 1 heterocycles. The zero-order valence-electron chi connectivity index (χ0n) is 31.3. The zero-order valence-corrected chi connectivity index (χ0v) is 31.3. The maximum Gasteiger partial charge on any atom is 0.338 e. The van der Waals surface area contributed by atoms with E-state index in [1.807, 2.05) is 0 Å². The van der Waals surface area contributed by atoms with Gasteiger partial charge in [-0.25, -0.2) is 14.4 Å². The normalized spacial score (nSPS) is 38.5. The number of carbonyl (C=O) groups is 4. The third kappa shape index (κ3) is 5.63. The second-order valence-electron chi connectivity index (χ2n) is 15.7. The van der Waals surface area contributed by atoms with Gasteiger partial charge in [-0.2, -0.15) is 0 Å². The number of carbonyl (C=O) groups excluding carboxylic acids is 4. The van der Waals surface area contributed by atoms with E-state index < -0.39 is 100 Å². The number of fused-ring (bicyclic) bond motifs is 3. The number of aliphatic hydroxyl groups is 3. The van der Waals surface area contributed by atoms with Crippen LogP contribution in [0.1, 0.15) is 72.1 Å². The van der Waals surface area contributed by atoms with E-state index in [1.54, 1.807) is 87.5 Å². The number of rotatable bonds is 8. The van der Waals surface area contributed by atoms with Crippen molar-refractivity contribution < 1.29 is 58.2 Å². The number of ether oxygens (including phenoxy) is 5. The Hall–Kier alpha value is -4.88. The summed E-state index contributed by atoms with van der Waals surface area (Å²) in [6.07, 6.45) is -7.62. The van der Waals surface area contributed by atoms with Crippen molar-refractivity contribution in [1.82, 2.24) is 0 Å². The van der Waals surface area contributed by atoms with Crippen molar-refractivity contribution in [1.29, 1.82) is 0 Å². The highest BCUT2D eigenvalue weighted by Gasteiger charge is 2.87. The highest BCUT2D eigenvalue weighted by atomic mass is 16.7. The van der Waals surface area contributed by atoms with Crippen molar-refractivity contribution in [2.75, 3.05) is 0 Å². The summed E-state index contributed by atoms with van der Waals surface area (Å²) in [5.74, 6) is -7.75. The lowest BCUT2D eigenvalue weighted by atomic mass is 9.52. The molecule has 3 aliphatic carbocycles. The minimum absolute atomic E-state index is 0.0240. The van der Waals surface area contributed by atoms with Crippen molar-refractivity contribution in [3.05, 3.63) is 120 Å². The van der Waals surface area contributed by atoms with Gasteiger partial charge in [-0.3, -0.25) is 4.79 Å². The van der Waals surface area contributed by atoms with E-state index in [0.717, 1.165) is 6.92 Å². The van der Waals surface area contributed by atoms with Crippen LogP contribution in [0.5, 0.6) is 0 Å². The van der Waals surface area contributed by atoms with Crippen molar-refractivity contribution >= 4 is 23.9 Å². The van der Waals surface area contributed by atoms with Gasteiger partial charge < -0.3 is 39.0 Å². The minimum atomic E-state index is -2.39. The maximum absolute atomic E-state index is 14.1. The molecule has 0 aromatic heterocycles. The Morgan fingerprint density at radius 3 is 1.62 bits per heavy atom. The number of hydrogen-bond acceptors (Lipinski definition) is 12. The molecule has 3 saturated carbocycles. The Balaban J connectivity index is 1.47. The van der Waals surface area contributed by atoms with Gasteiger partial charge in [-0.15, -0.1) is 0 Å². The Morgan fingerprint density at radius 1 is 0.709 bits per heavy atom. The fourth-order valence-electron chi connectivity index (χ4n) is 10.0. The molecular weight excluding hydrogens is 708 g/mol. The quantitative estimate of drug-likeness (QED) is 0.168. The molecule has 1 saturated heterocycles. The van der Waals surface area contributed by atoms with Crippen LogP contribution in [0.3, 0.4) is 0 Å². The SMILES string of the molecule is C=C(C)[C@@]1(O)[C@H](OC(C)=O)[C@@H]2[C@@H](OC(=O)c3ccccc3)[C@]3(C)O[C@]4([C@@H]3OC(=O)c3ccccc3)[C@@H](O)[C@@H](C)C[C@H]4[C@@]2(O)[C@H](C)[C@@H]1OC(=O)c1ccccc1. The van der Waals surface area contributed by atoms with Crippen LogP contribution in [0.15, 0.2) is 103 Å². The number of hydrogen-bond donors (Lipinski definition) is 3. The second kappa shape index (κ2) is 13.7. The second-order valence-corrected chi connectivity index (χ2v) is 15.7. The topological polar surface area (TPSA) is 175 Å². The summed E-state index contributed by atoms with van der Waals surface area (Å²) in [4.78, 5) is 55.0. The van der Waals surface area contributed by atoms with Crippen LogP contribution in [0, 0.1) is 23.7 Å². The van der Waals surface area contributed by atoms with Crippen molar-refractivity contribution in [2.24, 2.45) is 23.7 Å². The molecule has 1 aliphatic heterocycles. The molecule has 4 fully saturated rings. The van der Waals surface area contributed by atoms with Crippen LogP contribution in [0.2, 0.25) is 0 Å². The molecule has 0 amide bonds. The van der Waals surface area contributed by atoms with E-state index in [9.17, 15) is 34.5 Å². The van der Waals surface area contributed by atoms with Crippen LogP contribution in [-0.4, -0.2) is 92.1 Å². The lowest BCUT2D eigenvalue weighted by Crippen LogP contribution is -2.80. The van der Waals surface area contributed by atoms with E-state index >= 15 is 0 Å². The fourth-order valence-corrected chi connectivity index (χ4v) is 10.0. The smallest absolute Gasteiger partial charge is 0.338 e. The van der Waals surface area contributed by atoms with Gasteiger partial charge in [0.15, 0.2) is 11.7 Å². The molecule has 0 radical (unpaired) electrons. The number of aliphatic hydroxyl groups excluding tert-OH is 1. The summed E-state index contributed by atoms with van der Waals surface area (Å²) in [6, 6.07) is 24.3. The lowest BCUT2D eigenvalue weighted by Gasteiger charge is -2.62. The minimum Gasteiger partial charge on any atom is -0.458 e. The first kappa shape index (κ1) is 38.4. The van der Waals surface area contributed by atoms with E-state index in [4.69, 9.17) is 23.7 Å². The van der Waals surface area contributed by atoms with Gasteiger partial charge in [-0.1, -0.05) is 75.0 Å². The summed E-state index contributed by atoms with van der Waals surface area (Å²) in [7, 11) is 0. The molecule has 0 unspecified atom stereocenters. The van der Waals surface area contributed by atoms with Gasteiger partial charge in [0.05, 0.1) is 34.3 Å². The largest absolute Gasteiger partial charge is 0.458 e. The van der Waals surface area contributed by atoms with Gasteiger partial charge in [0.2, 0.25) is 0 Å². The molecule has 1 spiro atoms. The molecule has 3 N–H and O–H groups in total. The van der Waals surface area contributed by atoms with Gasteiger partial charge in [-0.05, 0) is 68.2 Å². The van der Waals surface area contributed by atoms with Gasteiger partial charge in [0.25, 0.3) is 0 Å². The van der Waals surface area contributed by atoms with Crippen LogP contribution >= 0.6 is 0 Å². The van der Waals surface area contributed by atoms with Gasteiger partial charge in [0.1, 0.15) is 29.5 Å². The third-order valence-electron chi connectivity index (χ3n) is 12.5. The fraction of sp³-hybridized carbons (Fsp3) is 0.442. The maximum atomic E-state index is 14.1. The van der Waals surface area contributed by atoms with E-state index in [0.29, 0.717) is 0 Å². The summed E-state index contributed by atoms with van der Waals surface area (Å²) in [5.41, 5.74) is -7.69. The highest BCUT2D eigenvalue weighted by Crippen LogP contribution is 2.70. The first-order valence-corrected chi connectivity index (χ1v) is 18.5. The molecule has 290 valence electrons. The Morgan fingerprint density at radius 2 is 1.16 bits per heavy atom. The molecule has 13 atom stereocenters. The molecule has 12 heteroatoms. The summed E-state index contributed by atoms with van der Waals surface area (Å²) >= 11 is 0. The predicted octanol–water partition coefficient (Wildman–Crippen LogP) is 4.46. The average Bonchev–Trinajstić information content (AvgIpc) is 3.38. The molecule has 3 aromatic carbocycles. The monoisotopic (exact) mass is 754 g/mol. The number of benzene rings is 3. The van der Waals surface area contributed by atoms with Crippen LogP contribution in [-0.2, 0) is 28.5 Å². The molecule has 12 nitrogen and oxygen atoms in total. The van der Waals surface area contributed by atoms with Gasteiger partial charge in [0, 0.05) is 18.8 Å². The standard InChI is InChI=1S/C43H46O12/c1-23(2)41(49)33(52-36(46)27-16-10-7-11-17-27)25(4)42(50)30-22-24(3)32(45)43(30)39(54-38(48)29-20-14-9-15-21-29)40(6,55-43)34(31(42)35(41)51-26(5)44)53-37(47)28-18-12-8-13-19-28/h7-21,24-25,30-35,39,45,49-50H,1,22H2,2-6H3/t24-,25+,30-,31-,32-,33-,34+,35+,39+,40-,41-,42-,43-/m0/s1. The van der Waals surface area contributed by atoms with Crippen LogP contribution in [0.25, 0.3) is 0 Å². The van der Waals surface area contributed by atoms with Crippen LogP contribution in [0.4, 0.5) is 0 Å². The average molecular weight is 755 g/mol. The molecule has 55 heavy (non-hydrogen) atoms. The van der Waals surface area contributed by atoms with E-state index in [1.165, 1.54) is 31.2 Å². The molecule has 4 aliphatic rings. The first-order chi connectivity index (χ1) is 26.0. The first-order valence-electron chi connectivity index (χ1n) is 18.5. The van der Waals surface area contributed by atoms with Crippen molar-refractivity contribution in [2.45, 2.75) is 94.0 Å². The van der Waals surface area contributed by atoms with E-state index in [-0.39, 0.29) is 28.7 Å². The Bertz CT molecular complexity index is 1990.